The highest BCUT2D eigenvalue weighted by atomic mass is 35.5. The summed E-state index contributed by atoms with van der Waals surface area (Å²) in [6.45, 7) is 6.39. The molecule has 2 aliphatic heterocycles. The number of aliphatic hydroxyl groups is 1. The van der Waals surface area contributed by atoms with Crippen LogP contribution >= 0.6 is 11.6 Å². The zero-order valence-corrected chi connectivity index (χ0v) is 20.8. The van der Waals surface area contributed by atoms with E-state index in [9.17, 15) is 18.7 Å². The van der Waals surface area contributed by atoms with Crippen molar-refractivity contribution in [3.8, 4) is 0 Å². The zero-order valence-electron chi connectivity index (χ0n) is 20.1. The Kier molecular flexibility index (Phi) is 7.26. The quantitative estimate of drug-likeness (QED) is 0.455. The molecule has 2 aliphatic rings. The zero-order chi connectivity index (χ0) is 24.8. The highest BCUT2D eigenvalue weighted by molar-refractivity contribution is 6.21. The van der Waals surface area contributed by atoms with Crippen LogP contribution in [0.5, 0.6) is 0 Å². The largest absolute Gasteiger partial charge is 0.393 e. The number of aryl methyl sites for hydroxylation is 2. The van der Waals surface area contributed by atoms with Gasteiger partial charge in [-0.25, -0.2) is 13.6 Å². The number of fused-ring (bicyclic) bond motifs is 1. The molecule has 1 aromatic carbocycles. The van der Waals surface area contributed by atoms with Gasteiger partial charge in [-0.3, -0.25) is 24.7 Å². The predicted molar refractivity (Wildman–Crippen MR) is 130 cm³/mol. The minimum absolute atomic E-state index is 0.131. The van der Waals surface area contributed by atoms with Gasteiger partial charge in [-0.05, 0) is 31.5 Å². The first-order valence-electron chi connectivity index (χ1n) is 11.9. The SMILES string of the molecule is C[C@@H]1CN(C2NCC(Cl)C(Nc3ccc4c(c3)n(CC[C@@H](C)O)c(=O)n4C)N2)C[C@H](C)C1(F)F. The van der Waals surface area contributed by atoms with Gasteiger partial charge in [0.1, 0.15) is 6.29 Å². The number of likely N-dealkylation sites (tertiary alicyclic amines) is 1. The van der Waals surface area contributed by atoms with E-state index in [1.807, 2.05) is 23.1 Å². The van der Waals surface area contributed by atoms with E-state index in [1.54, 1.807) is 37.0 Å². The summed E-state index contributed by atoms with van der Waals surface area (Å²) in [6, 6.07) is 5.69. The van der Waals surface area contributed by atoms with E-state index in [1.165, 1.54) is 0 Å². The number of imidazole rings is 1. The molecule has 190 valence electrons. The van der Waals surface area contributed by atoms with E-state index in [0.717, 1.165) is 16.7 Å². The van der Waals surface area contributed by atoms with Gasteiger partial charge in [0.05, 0.1) is 28.7 Å². The van der Waals surface area contributed by atoms with Crippen LogP contribution in [0.1, 0.15) is 27.2 Å². The van der Waals surface area contributed by atoms with Crippen LogP contribution in [0, 0.1) is 11.8 Å². The third kappa shape index (κ3) is 4.83. The summed E-state index contributed by atoms with van der Waals surface area (Å²) in [5.41, 5.74) is 2.24. The first kappa shape index (κ1) is 25.4. The fourth-order valence-electron chi connectivity index (χ4n) is 4.97. The molecule has 0 aliphatic carbocycles. The average molecular weight is 501 g/mol. The van der Waals surface area contributed by atoms with Crippen molar-refractivity contribution in [1.82, 2.24) is 24.7 Å². The standard InChI is InChI=1S/C23H35ClF2N6O2/c1-13-11-31(12-14(2)23(13,25)26)21-27-10-17(24)20(29-21)28-16-5-6-18-19(9-16)32(8-7-15(3)33)22(34)30(18)4/h5-6,9,13-15,17,20-21,27-29,33H,7-8,10-12H2,1-4H3/t13-,14+,15-,17?,20?,21?/m1/s1. The van der Waals surface area contributed by atoms with Crippen LogP contribution in [-0.2, 0) is 13.6 Å². The minimum atomic E-state index is -2.67. The highest BCUT2D eigenvalue weighted by Gasteiger charge is 2.48. The van der Waals surface area contributed by atoms with E-state index < -0.39 is 23.9 Å². The number of nitrogens with zero attached hydrogens (tertiary/aromatic N) is 3. The van der Waals surface area contributed by atoms with E-state index in [0.29, 0.717) is 19.5 Å². The van der Waals surface area contributed by atoms with Gasteiger partial charge in [-0.2, -0.15) is 0 Å². The van der Waals surface area contributed by atoms with Crippen LogP contribution in [-0.4, -0.2) is 68.6 Å². The van der Waals surface area contributed by atoms with Crippen molar-refractivity contribution in [2.45, 2.75) is 63.6 Å². The molecule has 4 rings (SSSR count). The average Bonchev–Trinajstić information content (AvgIpc) is 3.01. The summed E-state index contributed by atoms with van der Waals surface area (Å²) in [7, 11) is 1.73. The van der Waals surface area contributed by atoms with Gasteiger partial charge in [0.2, 0.25) is 0 Å². The lowest BCUT2D eigenvalue weighted by atomic mass is 9.87. The smallest absolute Gasteiger partial charge is 0.328 e. The summed E-state index contributed by atoms with van der Waals surface area (Å²) in [5, 5.41) is 19.6. The Labute approximate surface area is 203 Å². The van der Waals surface area contributed by atoms with Crippen molar-refractivity contribution in [2.24, 2.45) is 18.9 Å². The number of benzene rings is 1. The number of aromatic nitrogens is 2. The lowest BCUT2D eigenvalue weighted by molar-refractivity contribution is -0.150. The molecule has 0 spiro atoms. The molecular weight excluding hydrogens is 466 g/mol. The molecule has 0 radical (unpaired) electrons. The molecule has 0 saturated carbocycles. The van der Waals surface area contributed by atoms with Gasteiger partial charge < -0.3 is 10.4 Å². The molecule has 3 unspecified atom stereocenters. The third-order valence-corrected chi connectivity index (χ3v) is 7.55. The third-order valence-electron chi connectivity index (χ3n) is 7.14. The number of piperidine rings is 1. The van der Waals surface area contributed by atoms with E-state index in [2.05, 4.69) is 16.0 Å². The summed E-state index contributed by atoms with van der Waals surface area (Å²) in [4.78, 5) is 14.7. The fourth-order valence-corrected chi connectivity index (χ4v) is 5.20. The first-order valence-corrected chi connectivity index (χ1v) is 12.3. The van der Waals surface area contributed by atoms with Gasteiger partial charge >= 0.3 is 5.69 Å². The topological polar surface area (TPSA) is 86.5 Å². The Morgan fingerprint density at radius 3 is 2.59 bits per heavy atom. The fraction of sp³-hybridized carbons (Fsp3) is 0.696. The Hall–Kier alpha value is -1.72. The van der Waals surface area contributed by atoms with Crippen molar-refractivity contribution >= 4 is 28.3 Å². The molecule has 34 heavy (non-hydrogen) atoms. The Bertz CT molecular complexity index is 1060. The molecule has 1 aromatic heterocycles. The molecular formula is C23H35ClF2N6O2. The maximum Gasteiger partial charge on any atom is 0.328 e. The van der Waals surface area contributed by atoms with Crippen LogP contribution in [0.2, 0.25) is 0 Å². The predicted octanol–water partition coefficient (Wildman–Crippen LogP) is 2.16. The second kappa shape index (κ2) is 9.73. The second-order valence-corrected chi connectivity index (χ2v) is 10.4. The summed E-state index contributed by atoms with van der Waals surface area (Å²) < 4.78 is 31.9. The summed E-state index contributed by atoms with van der Waals surface area (Å²) >= 11 is 6.59. The van der Waals surface area contributed by atoms with Gasteiger partial charge in [0.15, 0.2) is 0 Å². The second-order valence-electron chi connectivity index (χ2n) is 9.88. The van der Waals surface area contributed by atoms with Crippen LogP contribution in [0.25, 0.3) is 11.0 Å². The monoisotopic (exact) mass is 500 g/mol. The molecule has 8 nitrogen and oxygen atoms in total. The number of alkyl halides is 3. The van der Waals surface area contributed by atoms with Crippen LogP contribution in [0.3, 0.4) is 0 Å². The first-order chi connectivity index (χ1) is 16.0. The molecule has 2 saturated heterocycles. The molecule has 6 atom stereocenters. The van der Waals surface area contributed by atoms with Crippen molar-refractivity contribution < 1.29 is 13.9 Å². The Balaban J connectivity index is 1.51. The summed E-state index contributed by atoms with van der Waals surface area (Å²) in [5.74, 6) is -4.15. The molecule has 4 N–H and O–H groups in total. The van der Waals surface area contributed by atoms with Crippen molar-refractivity contribution in [3.05, 3.63) is 28.7 Å². The van der Waals surface area contributed by atoms with Gasteiger partial charge in [0, 0.05) is 50.7 Å². The normalized spacial score (nSPS) is 31.0. The highest BCUT2D eigenvalue weighted by Crippen LogP contribution is 2.38. The molecule has 0 amide bonds. The maximum absolute atomic E-state index is 14.3. The number of nitrogens with one attached hydrogen (secondary N) is 3. The van der Waals surface area contributed by atoms with Crippen LogP contribution in [0.15, 0.2) is 23.0 Å². The summed E-state index contributed by atoms with van der Waals surface area (Å²) in [6.07, 6.45) is -0.613. The number of aliphatic hydroxyl groups excluding tert-OH is 1. The number of hydrogen-bond acceptors (Lipinski definition) is 6. The van der Waals surface area contributed by atoms with Crippen LogP contribution < -0.4 is 21.6 Å². The molecule has 11 heteroatoms. The number of halogens is 3. The lowest BCUT2D eigenvalue weighted by Crippen LogP contribution is -2.70. The number of anilines is 1. The minimum Gasteiger partial charge on any atom is -0.393 e. The molecule has 2 fully saturated rings. The van der Waals surface area contributed by atoms with Crippen molar-refractivity contribution in [1.29, 1.82) is 0 Å². The lowest BCUT2D eigenvalue weighted by Gasteiger charge is -2.47. The van der Waals surface area contributed by atoms with Gasteiger partial charge in [-0.1, -0.05) is 13.8 Å². The molecule has 2 aromatic rings. The number of hydrogen-bond donors (Lipinski definition) is 4. The van der Waals surface area contributed by atoms with E-state index in [-0.39, 0.29) is 36.6 Å². The van der Waals surface area contributed by atoms with E-state index in [4.69, 9.17) is 11.6 Å². The van der Waals surface area contributed by atoms with Crippen LogP contribution in [0.4, 0.5) is 14.5 Å². The van der Waals surface area contributed by atoms with E-state index >= 15 is 0 Å². The maximum atomic E-state index is 14.3. The molecule has 3 heterocycles. The Morgan fingerprint density at radius 2 is 1.94 bits per heavy atom. The Morgan fingerprint density at radius 1 is 1.26 bits per heavy atom. The van der Waals surface area contributed by atoms with Crippen molar-refractivity contribution in [3.63, 3.8) is 0 Å². The van der Waals surface area contributed by atoms with Gasteiger partial charge in [0.25, 0.3) is 5.92 Å². The van der Waals surface area contributed by atoms with Gasteiger partial charge in [-0.15, -0.1) is 11.6 Å². The van der Waals surface area contributed by atoms with Crippen molar-refractivity contribution in [2.75, 3.05) is 25.0 Å². The molecule has 0 bridgehead atoms. The number of rotatable bonds is 6.